The number of thioether (sulfide) groups is 1. The molecule has 124 valence electrons. The Morgan fingerprint density at radius 1 is 1.29 bits per heavy atom. The molecule has 1 heterocycles. The number of thiazole rings is 1. The third kappa shape index (κ3) is 4.20. The van der Waals surface area contributed by atoms with E-state index in [4.69, 9.17) is 16.3 Å². The lowest BCUT2D eigenvalue weighted by atomic mass is 10.3. The van der Waals surface area contributed by atoms with Crippen molar-refractivity contribution in [1.29, 1.82) is 0 Å². The van der Waals surface area contributed by atoms with E-state index in [0.29, 0.717) is 22.3 Å². The minimum Gasteiger partial charge on any atom is -0.497 e. The van der Waals surface area contributed by atoms with Gasteiger partial charge in [0.05, 0.1) is 16.8 Å². The number of hydrogen-bond acceptors (Lipinski definition) is 5. The summed E-state index contributed by atoms with van der Waals surface area (Å²) in [6.45, 7) is 0. The van der Waals surface area contributed by atoms with E-state index in [1.807, 2.05) is 36.4 Å². The van der Waals surface area contributed by atoms with E-state index >= 15 is 0 Å². The molecular formula is C17H15ClN2O2S2. The Hall–Kier alpha value is -1.76. The van der Waals surface area contributed by atoms with Gasteiger partial charge in [-0.3, -0.25) is 4.79 Å². The van der Waals surface area contributed by atoms with Crippen LogP contribution in [0.15, 0.2) is 47.4 Å². The first-order chi connectivity index (χ1) is 11.7. The summed E-state index contributed by atoms with van der Waals surface area (Å²) in [6.07, 6.45) is 0.417. The third-order valence-electron chi connectivity index (χ3n) is 3.27. The molecule has 0 aliphatic carbocycles. The zero-order valence-electron chi connectivity index (χ0n) is 12.9. The van der Waals surface area contributed by atoms with E-state index in [2.05, 4.69) is 10.3 Å². The van der Waals surface area contributed by atoms with E-state index in [9.17, 15) is 4.79 Å². The van der Waals surface area contributed by atoms with Crippen LogP contribution >= 0.6 is 34.7 Å². The average Bonchev–Trinajstić information content (AvgIpc) is 2.99. The topological polar surface area (TPSA) is 51.2 Å². The van der Waals surface area contributed by atoms with E-state index in [0.717, 1.165) is 20.9 Å². The van der Waals surface area contributed by atoms with E-state index in [1.165, 1.54) is 11.3 Å². The Balaban J connectivity index is 1.52. The van der Waals surface area contributed by atoms with Crippen molar-refractivity contribution in [1.82, 2.24) is 4.98 Å². The Morgan fingerprint density at radius 3 is 2.79 bits per heavy atom. The smallest absolute Gasteiger partial charge is 0.226 e. The maximum atomic E-state index is 12.1. The summed E-state index contributed by atoms with van der Waals surface area (Å²) >= 11 is 9.16. The van der Waals surface area contributed by atoms with Crippen LogP contribution in [0.2, 0.25) is 5.02 Å². The number of methoxy groups -OCH3 is 1. The fourth-order valence-electron chi connectivity index (χ4n) is 2.08. The molecule has 3 aromatic rings. The summed E-state index contributed by atoms with van der Waals surface area (Å²) in [5, 5.41) is 4.02. The normalized spacial score (nSPS) is 10.8. The average molecular weight is 379 g/mol. The highest BCUT2D eigenvalue weighted by molar-refractivity contribution is 7.99. The number of fused-ring (bicyclic) bond motifs is 1. The number of carbonyl (C=O) groups is 1. The molecule has 1 amide bonds. The molecule has 0 aliphatic heterocycles. The number of para-hydroxylation sites is 1. The number of halogens is 1. The number of nitrogens with one attached hydrogen (secondary N) is 1. The molecule has 1 aromatic heterocycles. The van der Waals surface area contributed by atoms with Gasteiger partial charge in [-0.1, -0.05) is 29.0 Å². The molecular weight excluding hydrogens is 364 g/mol. The zero-order chi connectivity index (χ0) is 16.9. The van der Waals surface area contributed by atoms with Gasteiger partial charge in [-0.2, -0.15) is 0 Å². The summed E-state index contributed by atoms with van der Waals surface area (Å²) < 4.78 is 6.09. The Morgan fingerprint density at radius 2 is 2.08 bits per heavy atom. The van der Waals surface area contributed by atoms with Crippen LogP contribution in [0.1, 0.15) is 6.42 Å². The number of anilines is 1. The molecule has 0 saturated carbocycles. The zero-order valence-corrected chi connectivity index (χ0v) is 15.3. The highest BCUT2D eigenvalue weighted by Crippen LogP contribution is 2.30. The van der Waals surface area contributed by atoms with Crippen molar-refractivity contribution in [3.8, 4) is 5.75 Å². The van der Waals surface area contributed by atoms with Crippen molar-refractivity contribution >= 4 is 56.0 Å². The van der Waals surface area contributed by atoms with Gasteiger partial charge in [-0.05, 0) is 36.4 Å². The number of rotatable bonds is 6. The van der Waals surface area contributed by atoms with Crippen LogP contribution in [0, 0.1) is 0 Å². The van der Waals surface area contributed by atoms with Crippen LogP contribution in [-0.4, -0.2) is 23.8 Å². The monoisotopic (exact) mass is 378 g/mol. The standard InChI is InChI=1S/C17H15ClN2O2S2/c1-22-11-5-7-12(8-6-11)23-10-9-15(21)19-17-20-16-13(18)3-2-4-14(16)24-17/h2-8H,9-10H2,1H3,(H,19,20,21). The van der Waals surface area contributed by atoms with Crippen LogP contribution < -0.4 is 10.1 Å². The van der Waals surface area contributed by atoms with Crippen molar-refractivity contribution < 1.29 is 9.53 Å². The van der Waals surface area contributed by atoms with Crippen molar-refractivity contribution in [2.45, 2.75) is 11.3 Å². The van der Waals surface area contributed by atoms with Crippen LogP contribution in [0.25, 0.3) is 10.2 Å². The lowest BCUT2D eigenvalue weighted by Gasteiger charge is -2.04. The fourth-order valence-corrected chi connectivity index (χ4v) is 4.12. The Bertz CT molecular complexity index is 849. The molecule has 0 unspecified atom stereocenters. The predicted octanol–water partition coefficient (Wildman–Crippen LogP) is 5.08. The summed E-state index contributed by atoms with van der Waals surface area (Å²) in [5.41, 5.74) is 0.729. The highest BCUT2D eigenvalue weighted by atomic mass is 35.5. The maximum Gasteiger partial charge on any atom is 0.226 e. The summed E-state index contributed by atoms with van der Waals surface area (Å²) in [7, 11) is 1.64. The van der Waals surface area contributed by atoms with Crippen LogP contribution in [0.4, 0.5) is 5.13 Å². The predicted molar refractivity (Wildman–Crippen MR) is 102 cm³/mol. The van der Waals surface area contributed by atoms with Gasteiger partial charge < -0.3 is 10.1 Å². The molecule has 1 N–H and O–H groups in total. The summed E-state index contributed by atoms with van der Waals surface area (Å²) in [6, 6.07) is 13.4. The quantitative estimate of drug-likeness (QED) is 0.608. The number of hydrogen-bond donors (Lipinski definition) is 1. The molecule has 4 nitrogen and oxygen atoms in total. The highest BCUT2D eigenvalue weighted by Gasteiger charge is 2.10. The molecule has 0 fully saturated rings. The van der Waals surface area contributed by atoms with Crippen molar-refractivity contribution in [3.05, 3.63) is 47.5 Å². The summed E-state index contributed by atoms with van der Waals surface area (Å²) in [5.74, 6) is 1.47. The third-order valence-corrected chi connectivity index (χ3v) is 5.53. The SMILES string of the molecule is COc1ccc(SCCC(=O)Nc2nc3c(Cl)cccc3s2)cc1. The van der Waals surface area contributed by atoms with Crippen molar-refractivity contribution in [2.24, 2.45) is 0 Å². The van der Waals surface area contributed by atoms with Gasteiger partial charge in [0.1, 0.15) is 11.3 Å². The van der Waals surface area contributed by atoms with Crippen LogP contribution in [0.5, 0.6) is 5.75 Å². The fraction of sp³-hybridized carbons (Fsp3) is 0.176. The Labute approximate surface area is 153 Å². The number of carbonyl (C=O) groups excluding carboxylic acids is 1. The van der Waals surface area contributed by atoms with Crippen LogP contribution in [0.3, 0.4) is 0 Å². The molecule has 7 heteroatoms. The first kappa shape index (κ1) is 17.1. The second-order valence-electron chi connectivity index (χ2n) is 4.93. The molecule has 3 rings (SSSR count). The van der Waals surface area contributed by atoms with Gasteiger partial charge in [0, 0.05) is 17.1 Å². The summed E-state index contributed by atoms with van der Waals surface area (Å²) in [4.78, 5) is 17.5. The molecule has 0 radical (unpaired) electrons. The molecule has 2 aromatic carbocycles. The molecule has 0 bridgehead atoms. The minimum atomic E-state index is -0.0498. The lowest BCUT2D eigenvalue weighted by Crippen LogP contribution is -2.11. The largest absolute Gasteiger partial charge is 0.497 e. The van der Waals surface area contributed by atoms with Gasteiger partial charge in [0.25, 0.3) is 0 Å². The van der Waals surface area contributed by atoms with Gasteiger partial charge in [0.15, 0.2) is 5.13 Å². The first-order valence-corrected chi connectivity index (χ1v) is 9.45. The van der Waals surface area contributed by atoms with Crippen LogP contribution in [-0.2, 0) is 4.79 Å². The molecule has 0 saturated heterocycles. The molecule has 24 heavy (non-hydrogen) atoms. The van der Waals surface area contributed by atoms with Crippen molar-refractivity contribution in [3.63, 3.8) is 0 Å². The first-order valence-electron chi connectivity index (χ1n) is 7.27. The number of benzene rings is 2. The number of aromatic nitrogens is 1. The minimum absolute atomic E-state index is 0.0498. The van der Waals surface area contributed by atoms with Gasteiger partial charge >= 0.3 is 0 Å². The lowest BCUT2D eigenvalue weighted by molar-refractivity contribution is -0.115. The second-order valence-corrected chi connectivity index (χ2v) is 7.53. The molecule has 0 atom stereocenters. The molecule has 0 spiro atoms. The van der Waals surface area contributed by atoms with E-state index < -0.39 is 0 Å². The number of nitrogens with zero attached hydrogens (tertiary/aromatic N) is 1. The maximum absolute atomic E-state index is 12.1. The van der Waals surface area contributed by atoms with Gasteiger partial charge in [-0.15, -0.1) is 11.8 Å². The van der Waals surface area contributed by atoms with E-state index in [-0.39, 0.29) is 5.91 Å². The number of amides is 1. The molecule has 0 aliphatic rings. The second kappa shape index (κ2) is 7.88. The number of ether oxygens (including phenoxy) is 1. The van der Waals surface area contributed by atoms with Crippen molar-refractivity contribution in [2.75, 3.05) is 18.2 Å². The van der Waals surface area contributed by atoms with Gasteiger partial charge in [-0.25, -0.2) is 4.98 Å². The Kier molecular flexibility index (Phi) is 5.60. The van der Waals surface area contributed by atoms with Gasteiger partial charge in [0.2, 0.25) is 5.91 Å². The van der Waals surface area contributed by atoms with E-state index in [1.54, 1.807) is 24.9 Å².